The van der Waals surface area contributed by atoms with E-state index in [0.29, 0.717) is 25.3 Å². The molecule has 7 heteroatoms. The standard InChI is InChI=1S/C20H19F2N3O2/c1-25(11-9-15-4-2-3-10-23-15)20(26)8-7-19-24-13-18(27-19)16-6-5-14(21)12-17(16)22/h2-6,10,12-13H,7-9,11H2,1H3. The fourth-order valence-electron chi connectivity index (χ4n) is 2.60. The van der Waals surface area contributed by atoms with Gasteiger partial charge in [0.15, 0.2) is 11.7 Å². The lowest BCUT2D eigenvalue weighted by Crippen LogP contribution is -2.29. The molecule has 0 radical (unpaired) electrons. The van der Waals surface area contributed by atoms with Gasteiger partial charge in [-0.25, -0.2) is 13.8 Å². The Hall–Kier alpha value is -3.09. The van der Waals surface area contributed by atoms with Gasteiger partial charge in [0.2, 0.25) is 5.91 Å². The van der Waals surface area contributed by atoms with Gasteiger partial charge in [-0.1, -0.05) is 6.07 Å². The summed E-state index contributed by atoms with van der Waals surface area (Å²) >= 11 is 0. The Labute approximate surface area is 155 Å². The minimum absolute atomic E-state index is 0.0429. The molecule has 0 atom stereocenters. The molecule has 0 bridgehead atoms. The number of aromatic nitrogens is 2. The van der Waals surface area contributed by atoms with Crippen LogP contribution >= 0.6 is 0 Å². The summed E-state index contributed by atoms with van der Waals surface area (Å²) in [6.07, 6.45) is 4.30. The number of benzene rings is 1. The average molecular weight is 371 g/mol. The Balaban J connectivity index is 1.52. The summed E-state index contributed by atoms with van der Waals surface area (Å²) in [4.78, 5) is 22.2. The predicted molar refractivity (Wildman–Crippen MR) is 95.8 cm³/mol. The Morgan fingerprint density at radius 3 is 2.74 bits per heavy atom. The Morgan fingerprint density at radius 2 is 2.00 bits per heavy atom. The second kappa shape index (κ2) is 8.53. The molecule has 0 N–H and O–H groups in total. The lowest BCUT2D eigenvalue weighted by molar-refractivity contribution is -0.129. The molecule has 140 valence electrons. The van der Waals surface area contributed by atoms with Crippen molar-refractivity contribution in [2.24, 2.45) is 0 Å². The van der Waals surface area contributed by atoms with Crippen molar-refractivity contribution < 1.29 is 18.0 Å². The van der Waals surface area contributed by atoms with Crippen LogP contribution in [-0.4, -0.2) is 34.4 Å². The third-order valence-corrected chi connectivity index (χ3v) is 4.16. The number of likely N-dealkylation sites (N-methyl/N-ethyl adjacent to an activating group) is 1. The Bertz CT molecular complexity index is 913. The van der Waals surface area contributed by atoms with E-state index in [0.717, 1.165) is 17.8 Å². The topological polar surface area (TPSA) is 59.2 Å². The van der Waals surface area contributed by atoms with Crippen LogP contribution in [-0.2, 0) is 17.6 Å². The molecule has 0 saturated carbocycles. The van der Waals surface area contributed by atoms with Crippen LogP contribution in [0.25, 0.3) is 11.3 Å². The van der Waals surface area contributed by atoms with E-state index in [1.54, 1.807) is 18.1 Å². The molecule has 2 heterocycles. The number of pyridine rings is 1. The van der Waals surface area contributed by atoms with Crippen LogP contribution in [0.4, 0.5) is 8.78 Å². The van der Waals surface area contributed by atoms with Crippen LogP contribution in [0.1, 0.15) is 18.0 Å². The number of rotatable bonds is 7. The second-order valence-corrected chi connectivity index (χ2v) is 6.13. The highest BCUT2D eigenvalue weighted by Crippen LogP contribution is 2.24. The number of hydrogen-bond acceptors (Lipinski definition) is 4. The normalized spacial score (nSPS) is 10.8. The van der Waals surface area contributed by atoms with E-state index in [4.69, 9.17) is 4.42 Å². The highest BCUT2D eigenvalue weighted by atomic mass is 19.1. The van der Waals surface area contributed by atoms with Crippen LogP contribution < -0.4 is 0 Å². The van der Waals surface area contributed by atoms with Gasteiger partial charge >= 0.3 is 0 Å². The van der Waals surface area contributed by atoms with Gasteiger partial charge in [-0.3, -0.25) is 9.78 Å². The molecule has 0 spiro atoms. The minimum atomic E-state index is -0.719. The maximum atomic E-state index is 13.8. The van der Waals surface area contributed by atoms with E-state index < -0.39 is 11.6 Å². The van der Waals surface area contributed by atoms with Gasteiger partial charge in [0.1, 0.15) is 11.6 Å². The fraction of sp³-hybridized carbons (Fsp3) is 0.250. The highest BCUT2D eigenvalue weighted by Gasteiger charge is 2.14. The van der Waals surface area contributed by atoms with Crippen LogP contribution in [0.2, 0.25) is 0 Å². The van der Waals surface area contributed by atoms with Crippen LogP contribution in [0.5, 0.6) is 0 Å². The molecule has 3 aromatic rings. The molecule has 0 unspecified atom stereocenters. The first-order chi connectivity index (χ1) is 13.0. The lowest BCUT2D eigenvalue weighted by atomic mass is 10.2. The molecule has 3 rings (SSSR count). The van der Waals surface area contributed by atoms with Gasteiger partial charge in [0, 0.05) is 50.8 Å². The summed E-state index contributed by atoms with van der Waals surface area (Å²) in [6.45, 7) is 0.563. The third-order valence-electron chi connectivity index (χ3n) is 4.16. The van der Waals surface area contributed by atoms with E-state index in [1.807, 2.05) is 18.2 Å². The summed E-state index contributed by atoms with van der Waals surface area (Å²) in [7, 11) is 1.74. The Kier molecular flexibility index (Phi) is 5.90. The van der Waals surface area contributed by atoms with Crippen molar-refractivity contribution >= 4 is 5.91 Å². The number of hydrogen-bond donors (Lipinski definition) is 0. The van der Waals surface area contributed by atoms with E-state index in [2.05, 4.69) is 9.97 Å². The molecular formula is C20H19F2N3O2. The van der Waals surface area contributed by atoms with Crippen molar-refractivity contribution in [3.63, 3.8) is 0 Å². The van der Waals surface area contributed by atoms with Gasteiger partial charge in [0.05, 0.1) is 11.8 Å². The van der Waals surface area contributed by atoms with Crippen molar-refractivity contribution in [2.45, 2.75) is 19.3 Å². The number of halogens is 2. The summed E-state index contributed by atoms with van der Waals surface area (Å²) in [5, 5.41) is 0. The predicted octanol–water partition coefficient (Wildman–Crippen LogP) is 3.65. The summed E-state index contributed by atoms with van der Waals surface area (Å²) in [5.74, 6) is -0.879. The van der Waals surface area contributed by atoms with E-state index in [9.17, 15) is 13.6 Å². The molecule has 0 saturated heterocycles. The summed E-state index contributed by atoms with van der Waals surface area (Å²) < 4.78 is 32.3. The first kappa shape index (κ1) is 18.7. The maximum absolute atomic E-state index is 13.8. The quantitative estimate of drug-likeness (QED) is 0.636. The number of carbonyl (C=O) groups is 1. The molecule has 0 fully saturated rings. The van der Waals surface area contributed by atoms with Crippen molar-refractivity contribution in [1.29, 1.82) is 0 Å². The molecule has 0 aliphatic rings. The van der Waals surface area contributed by atoms with Gasteiger partial charge in [-0.15, -0.1) is 0 Å². The molecule has 5 nitrogen and oxygen atoms in total. The smallest absolute Gasteiger partial charge is 0.222 e. The first-order valence-electron chi connectivity index (χ1n) is 8.57. The second-order valence-electron chi connectivity index (χ2n) is 6.13. The van der Waals surface area contributed by atoms with Crippen molar-refractivity contribution in [1.82, 2.24) is 14.9 Å². The third kappa shape index (κ3) is 4.97. The van der Waals surface area contributed by atoms with Crippen LogP contribution in [0, 0.1) is 11.6 Å². The lowest BCUT2D eigenvalue weighted by Gasteiger charge is -2.16. The fourth-order valence-corrected chi connectivity index (χ4v) is 2.60. The van der Waals surface area contributed by atoms with E-state index >= 15 is 0 Å². The van der Waals surface area contributed by atoms with Gasteiger partial charge in [0.25, 0.3) is 0 Å². The van der Waals surface area contributed by atoms with Crippen molar-refractivity contribution in [3.8, 4) is 11.3 Å². The first-order valence-corrected chi connectivity index (χ1v) is 8.57. The molecule has 0 aliphatic carbocycles. The molecule has 2 aromatic heterocycles. The highest BCUT2D eigenvalue weighted by molar-refractivity contribution is 5.76. The minimum Gasteiger partial charge on any atom is -0.441 e. The van der Waals surface area contributed by atoms with Crippen LogP contribution in [0.15, 0.2) is 53.2 Å². The Morgan fingerprint density at radius 1 is 1.15 bits per heavy atom. The molecular weight excluding hydrogens is 352 g/mol. The van der Waals surface area contributed by atoms with Gasteiger partial charge in [-0.2, -0.15) is 0 Å². The molecule has 0 aliphatic heterocycles. The number of nitrogens with zero attached hydrogens (tertiary/aromatic N) is 3. The molecule has 1 amide bonds. The van der Waals surface area contributed by atoms with Crippen molar-refractivity contribution in [2.75, 3.05) is 13.6 Å². The van der Waals surface area contributed by atoms with Crippen LogP contribution in [0.3, 0.4) is 0 Å². The average Bonchev–Trinajstić information content (AvgIpc) is 3.13. The largest absolute Gasteiger partial charge is 0.441 e. The zero-order chi connectivity index (χ0) is 19.2. The number of carbonyl (C=O) groups excluding carboxylic acids is 1. The summed E-state index contributed by atoms with van der Waals surface area (Å²) in [6, 6.07) is 8.92. The molecule has 27 heavy (non-hydrogen) atoms. The zero-order valence-corrected chi connectivity index (χ0v) is 14.9. The zero-order valence-electron chi connectivity index (χ0n) is 14.9. The van der Waals surface area contributed by atoms with E-state index in [1.165, 1.54) is 12.3 Å². The number of amides is 1. The van der Waals surface area contributed by atoms with Crippen molar-refractivity contribution in [3.05, 3.63) is 72.0 Å². The maximum Gasteiger partial charge on any atom is 0.222 e. The molecule has 1 aromatic carbocycles. The number of oxazole rings is 1. The van der Waals surface area contributed by atoms with E-state index in [-0.39, 0.29) is 23.7 Å². The van der Waals surface area contributed by atoms with Gasteiger partial charge < -0.3 is 9.32 Å². The summed E-state index contributed by atoms with van der Waals surface area (Å²) in [5.41, 5.74) is 1.06. The number of aryl methyl sites for hydroxylation is 1. The van der Waals surface area contributed by atoms with Gasteiger partial charge in [-0.05, 0) is 24.3 Å². The monoisotopic (exact) mass is 371 g/mol. The SMILES string of the molecule is CN(CCc1ccccn1)C(=O)CCc1ncc(-c2ccc(F)cc2F)o1.